The Labute approximate surface area is 132 Å². The van der Waals surface area contributed by atoms with E-state index in [0.717, 1.165) is 23.3 Å². The molecule has 120 valence electrons. The van der Waals surface area contributed by atoms with E-state index < -0.39 is 11.7 Å². The second-order valence-electron chi connectivity index (χ2n) is 5.10. The van der Waals surface area contributed by atoms with Crippen LogP contribution in [-0.2, 0) is 17.5 Å². The van der Waals surface area contributed by atoms with Gasteiger partial charge in [0.05, 0.1) is 5.56 Å². The lowest BCUT2D eigenvalue weighted by Crippen LogP contribution is -2.20. The van der Waals surface area contributed by atoms with Gasteiger partial charge in [-0.05, 0) is 41.8 Å². The van der Waals surface area contributed by atoms with Gasteiger partial charge in [0.2, 0.25) is 5.91 Å². The number of carbonyl (C=O) groups is 1. The van der Waals surface area contributed by atoms with E-state index >= 15 is 0 Å². The third-order valence-corrected chi connectivity index (χ3v) is 3.38. The molecule has 0 spiro atoms. The number of benzene rings is 2. The summed E-state index contributed by atoms with van der Waals surface area (Å²) in [5.74, 6) is -0.298. The van der Waals surface area contributed by atoms with Crippen LogP contribution < -0.4 is 5.32 Å². The van der Waals surface area contributed by atoms with Crippen LogP contribution in [0.5, 0.6) is 0 Å². The Bertz CT molecular complexity index is 703. The number of halogens is 3. The van der Waals surface area contributed by atoms with Crippen LogP contribution in [0.1, 0.15) is 22.3 Å². The number of nitrogens with one attached hydrogen (secondary N) is 1. The van der Waals surface area contributed by atoms with Crippen LogP contribution in [-0.4, -0.2) is 5.91 Å². The molecule has 0 radical (unpaired) electrons. The van der Waals surface area contributed by atoms with Crippen molar-refractivity contribution in [2.24, 2.45) is 0 Å². The fourth-order valence-corrected chi connectivity index (χ4v) is 2.00. The van der Waals surface area contributed by atoms with Crippen molar-refractivity contribution < 1.29 is 18.0 Å². The number of alkyl halides is 3. The van der Waals surface area contributed by atoms with E-state index in [1.807, 2.05) is 31.2 Å². The lowest BCUT2D eigenvalue weighted by atomic mass is 10.1. The normalized spacial score (nSPS) is 11.7. The molecule has 0 saturated carbocycles. The minimum Gasteiger partial charge on any atom is -0.348 e. The largest absolute Gasteiger partial charge is 0.416 e. The summed E-state index contributed by atoms with van der Waals surface area (Å²) in [5, 5.41) is 2.74. The number of hydrogen-bond donors (Lipinski definition) is 1. The molecule has 0 aliphatic heterocycles. The summed E-state index contributed by atoms with van der Waals surface area (Å²) in [6.07, 6.45) is -1.57. The molecule has 0 heterocycles. The maximum Gasteiger partial charge on any atom is 0.416 e. The van der Waals surface area contributed by atoms with E-state index in [2.05, 4.69) is 5.32 Å². The SMILES string of the molecule is Cc1ccccc1CNC(=O)/C=C/c1ccc(C(F)(F)F)cc1. The van der Waals surface area contributed by atoms with E-state index in [9.17, 15) is 18.0 Å². The van der Waals surface area contributed by atoms with Crippen molar-refractivity contribution in [1.82, 2.24) is 5.32 Å². The Balaban J connectivity index is 1.92. The second kappa shape index (κ2) is 7.13. The Morgan fingerprint density at radius 1 is 1.09 bits per heavy atom. The molecule has 0 aliphatic rings. The monoisotopic (exact) mass is 319 g/mol. The Morgan fingerprint density at radius 2 is 1.74 bits per heavy atom. The molecule has 1 amide bonds. The van der Waals surface area contributed by atoms with Gasteiger partial charge in [0.1, 0.15) is 0 Å². The molecule has 2 aromatic carbocycles. The molecule has 2 aromatic rings. The van der Waals surface area contributed by atoms with Crippen molar-refractivity contribution in [3.05, 3.63) is 76.9 Å². The Hall–Kier alpha value is -2.56. The van der Waals surface area contributed by atoms with Gasteiger partial charge < -0.3 is 5.32 Å². The van der Waals surface area contributed by atoms with Gasteiger partial charge >= 0.3 is 6.18 Å². The predicted octanol–water partition coefficient (Wildman–Crippen LogP) is 4.34. The van der Waals surface area contributed by atoms with Gasteiger partial charge in [-0.1, -0.05) is 36.4 Å². The predicted molar refractivity (Wildman–Crippen MR) is 83.5 cm³/mol. The maximum absolute atomic E-state index is 12.4. The summed E-state index contributed by atoms with van der Waals surface area (Å²) >= 11 is 0. The Kier molecular flexibility index (Phi) is 5.21. The van der Waals surface area contributed by atoms with Gasteiger partial charge in [0.25, 0.3) is 0 Å². The van der Waals surface area contributed by atoms with Crippen molar-refractivity contribution in [2.75, 3.05) is 0 Å². The Morgan fingerprint density at radius 3 is 2.35 bits per heavy atom. The highest BCUT2D eigenvalue weighted by Crippen LogP contribution is 2.29. The summed E-state index contributed by atoms with van der Waals surface area (Å²) in [6, 6.07) is 12.3. The van der Waals surface area contributed by atoms with E-state index in [4.69, 9.17) is 0 Å². The van der Waals surface area contributed by atoms with Crippen LogP contribution in [0.2, 0.25) is 0 Å². The van der Waals surface area contributed by atoms with E-state index in [-0.39, 0.29) is 5.91 Å². The highest BCUT2D eigenvalue weighted by Gasteiger charge is 2.29. The first-order valence-electron chi connectivity index (χ1n) is 7.04. The van der Waals surface area contributed by atoms with Crippen LogP contribution in [0.4, 0.5) is 13.2 Å². The summed E-state index contributed by atoms with van der Waals surface area (Å²) in [4.78, 5) is 11.7. The van der Waals surface area contributed by atoms with Crippen LogP contribution in [0, 0.1) is 6.92 Å². The molecule has 23 heavy (non-hydrogen) atoms. The smallest absolute Gasteiger partial charge is 0.348 e. The van der Waals surface area contributed by atoms with Gasteiger partial charge in [-0.2, -0.15) is 13.2 Å². The van der Waals surface area contributed by atoms with Crippen molar-refractivity contribution >= 4 is 12.0 Å². The second-order valence-corrected chi connectivity index (χ2v) is 5.10. The van der Waals surface area contributed by atoms with Crippen molar-refractivity contribution in [3.63, 3.8) is 0 Å². The first-order chi connectivity index (χ1) is 10.9. The molecule has 0 bridgehead atoms. The number of aryl methyl sites for hydroxylation is 1. The first kappa shape index (κ1) is 16.8. The van der Waals surface area contributed by atoms with Gasteiger partial charge in [0, 0.05) is 12.6 Å². The van der Waals surface area contributed by atoms with E-state index in [0.29, 0.717) is 12.1 Å². The molecule has 2 rings (SSSR count). The highest BCUT2D eigenvalue weighted by atomic mass is 19.4. The third kappa shape index (κ3) is 4.98. The molecule has 0 aliphatic carbocycles. The van der Waals surface area contributed by atoms with Crippen molar-refractivity contribution in [2.45, 2.75) is 19.6 Å². The van der Waals surface area contributed by atoms with Gasteiger partial charge in [-0.3, -0.25) is 4.79 Å². The molecule has 0 atom stereocenters. The molecule has 0 fully saturated rings. The summed E-state index contributed by atoms with van der Waals surface area (Å²) in [5.41, 5.74) is 1.92. The zero-order valence-corrected chi connectivity index (χ0v) is 12.5. The summed E-state index contributed by atoms with van der Waals surface area (Å²) < 4.78 is 37.3. The van der Waals surface area contributed by atoms with E-state index in [1.165, 1.54) is 24.3 Å². The average molecular weight is 319 g/mol. The quantitative estimate of drug-likeness (QED) is 0.834. The molecular weight excluding hydrogens is 303 g/mol. The van der Waals surface area contributed by atoms with Gasteiger partial charge in [-0.15, -0.1) is 0 Å². The standard InChI is InChI=1S/C18H16F3NO/c1-13-4-2-3-5-15(13)12-22-17(23)11-8-14-6-9-16(10-7-14)18(19,20)21/h2-11H,12H2,1H3,(H,22,23)/b11-8+. The fourth-order valence-electron chi connectivity index (χ4n) is 2.00. The lowest BCUT2D eigenvalue weighted by molar-refractivity contribution is -0.137. The minimum absolute atomic E-state index is 0.298. The van der Waals surface area contributed by atoms with Gasteiger partial charge in [0.15, 0.2) is 0 Å². The van der Waals surface area contributed by atoms with Crippen LogP contribution in [0.3, 0.4) is 0 Å². The third-order valence-electron chi connectivity index (χ3n) is 3.38. The molecule has 0 aromatic heterocycles. The van der Waals surface area contributed by atoms with Crippen molar-refractivity contribution in [1.29, 1.82) is 0 Å². The lowest BCUT2D eigenvalue weighted by Gasteiger charge is -2.06. The summed E-state index contributed by atoms with van der Waals surface area (Å²) in [7, 11) is 0. The molecule has 1 N–H and O–H groups in total. The molecule has 0 saturated heterocycles. The molecule has 0 unspecified atom stereocenters. The van der Waals surface area contributed by atoms with Gasteiger partial charge in [-0.25, -0.2) is 0 Å². The summed E-state index contributed by atoms with van der Waals surface area (Å²) in [6.45, 7) is 2.36. The van der Waals surface area contributed by atoms with E-state index in [1.54, 1.807) is 0 Å². The average Bonchev–Trinajstić information content (AvgIpc) is 2.51. The number of amides is 1. The highest BCUT2D eigenvalue weighted by molar-refractivity contribution is 5.91. The van der Waals surface area contributed by atoms with Crippen LogP contribution in [0.25, 0.3) is 6.08 Å². The zero-order chi connectivity index (χ0) is 16.9. The number of carbonyl (C=O) groups excluding carboxylic acids is 1. The maximum atomic E-state index is 12.4. The number of hydrogen-bond acceptors (Lipinski definition) is 1. The minimum atomic E-state index is -4.35. The zero-order valence-electron chi connectivity index (χ0n) is 12.5. The topological polar surface area (TPSA) is 29.1 Å². The van der Waals surface area contributed by atoms with Crippen LogP contribution >= 0.6 is 0 Å². The van der Waals surface area contributed by atoms with Crippen molar-refractivity contribution in [3.8, 4) is 0 Å². The fraction of sp³-hybridized carbons (Fsp3) is 0.167. The first-order valence-corrected chi connectivity index (χ1v) is 7.04. The molecule has 5 heteroatoms. The molecular formula is C18H16F3NO. The number of rotatable bonds is 4. The van der Waals surface area contributed by atoms with Crippen LogP contribution in [0.15, 0.2) is 54.6 Å². The molecule has 2 nitrogen and oxygen atoms in total.